The molecule has 2 heterocycles. The molecule has 0 bridgehead atoms. The Morgan fingerprint density at radius 1 is 1.29 bits per heavy atom. The third kappa shape index (κ3) is 3.49. The van der Waals surface area contributed by atoms with E-state index in [2.05, 4.69) is 5.32 Å². The summed E-state index contributed by atoms with van der Waals surface area (Å²) in [6, 6.07) is 4.96. The van der Waals surface area contributed by atoms with Crippen molar-refractivity contribution in [2.45, 2.75) is 12.5 Å². The summed E-state index contributed by atoms with van der Waals surface area (Å²) in [5, 5.41) is 3.25. The number of piperazine rings is 1. The molecule has 8 heteroatoms. The topological polar surface area (TPSA) is 87.9 Å². The van der Waals surface area contributed by atoms with Gasteiger partial charge in [0.05, 0.1) is 17.5 Å². The molecule has 2 fully saturated rings. The molecule has 3 rings (SSSR count). The maximum atomic E-state index is 14.5. The third-order valence-corrected chi connectivity index (χ3v) is 4.32. The van der Waals surface area contributed by atoms with E-state index in [9.17, 15) is 14.0 Å². The van der Waals surface area contributed by atoms with Gasteiger partial charge in [-0.05, 0) is 12.1 Å². The summed E-state index contributed by atoms with van der Waals surface area (Å²) in [4.78, 5) is 26.3. The largest absolute Gasteiger partial charge is 0.365 e. The average Bonchev–Trinajstić information content (AvgIpc) is 3.03. The van der Waals surface area contributed by atoms with Crippen LogP contribution >= 0.6 is 0 Å². The monoisotopic (exact) mass is 336 g/mol. The van der Waals surface area contributed by atoms with E-state index in [1.54, 1.807) is 6.07 Å². The van der Waals surface area contributed by atoms with Crippen LogP contribution in [0.2, 0.25) is 0 Å². The summed E-state index contributed by atoms with van der Waals surface area (Å²) >= 11 is 0. The SMILES string of the molecule is NC(=O)C(=O)CC1CN(c2cccc(F)c2N2CCNCC2)CO1. The number of anilines is 2. The number of amides is 1. The number of Topliss-reactive ketones (excluding diaryl/α,β-unsaturated/α-hetero) is 1. The molecule has 2 aliphatic rings. The Morgan fingerprint density at radius 2 is 2.04 bits per heavy atom. The lowest BCUT2D eigenvalue weighted by Crippen LogP contribution is -2.44. The van der Waals surface area contributed by atoms with Crippen LogP contribution in [0.25, 0.3) is 0 Å². The van der Waals surface area contributed by atoms with Gasteiger partial charge in [0.2, 0.25) is 5.78 Å². The Labute approximate surface area is 139 Å². The number of para-hydroxylation sites is 1. The van der Waals surface area contributed by atoms with Crippen LogP contribution in [0.1, 0.15) is 6.42 Å². The van der Waals surface area contributed by atoms with Crippen molar-refractivity contribution in [1.82, 2.24) is 5.32 Å². The van der Waals surface area contributed by atoms with Gasteiger partial charge in [0.25, 0.3) is 5.91 Å². The molecular formula is C16H21FN4O3. The van der Waals surface area contributed by atoms with Crippen molar-refractivity contribution >= 4 is 23.1 Å². The lowest BCUT2D eigenvalue weighted by Gasteiger charge is -2.33. The second-order valence-electron chi connectivity index (χ2n) is 5.98. The van der Waals surface area contributed by atoms with Crippen molar-refractivity contribution < 1.29 is 18.7 Å². The molecule has 1 aromatic rings. The van der Waals surface area contributed by atoms with Crippen LogP contribution in [-0.4, -0.2) is 57.2 Å². The van der Waals surface area contributed by atoms with E-state index in [1.165, 1.54) is 6.07 Å². The summed E-state index contributed by atoms with van der Waals surface area (Å²) < 4.78 is 20.0. The Kier molecular flexibility index (Phi) is 4.96. The van der Waals surface area contributed by atoms with Gasteiger partial charge in [0.1, 0.15) is 12.5 Å². The second kappa shape index (κ2) is 7.14. The Balaban J connectivity index is 1.76. The van der Waals surface area contributed by atoms with Crippen LogP contribution in [-0.2, 0) is 14.3 Å². The molecule has 0 aromatic heterocycles. The molecule has 0 radical (unpaired) electrons. The van der Waals surface area contributed by atoms with Crippen LogP contribution in [0.4, 0.5) is 15.8 Å². The highest BCUT2D eigenvalue weighted by Gasteiger charge is 2.30. The standard InChI is InChI=1S/C16H21FN4O3/c17-12-2-1-3-13(15(12)20-6-4-19-5-7-20)21-9-11(24-10-21)8-14(22)16(18)23/h1-3,11,19H,4-10H2,(H2,18,23). The van der Waals surface area contributed by atoms with Crippen LogP contribution in [0, 0.1) is 5.82 Å². The summed E-state index contributed by atoms with van der Waals surface area (Å²) in [6.07, 6.45) is -0.464. The number of hydrogen-bond donors (Lipinski definition) is 2. The molecule has 0 aliphatic carbocycles. The van der Waals surface area contributed by atoms with Gasteiger partial charge in [0.15, 0.2) is 0 Å². The molecule has 2 aliphatic heterocycles. The van der Waals surface area contributed by atoms with Gasteiger partial charge in [-0.25, -0.2) is 4.39 Å². The van der Waals surface area contributed by atoms with Crippen LogP contribution in [0.5, 0.6) is 0 Å². The van der Waals surface area contributed by atoms with Gasteiger partial charge in [-0.3, -0.25) is 9.59 Å². The van der Waals surface area contributed by atoms with Crippen molar-refractivity contribution in [3.63, 3.8) is 0 Å². The van der Waals surface area contributed by atoms with E-state index in [1.807, 2.05) is 15.9 Å². The summed E-state index contributed by atoms with van der Waals surface area (Å²) in [5.41, 5.74) is 6.28. The van der Waals surface area contributed by atoms with Crippen molar-refractivity contribution in [1.29, 1.82) is 0 Å². The van der Waals surface area contributed by atoms with Gasteiger partial charge in [-0.15, -0.1) is 0 Å². The molecule has 24 heavy (non-hydrogen) atoms. The predicted octanol–water partition coefficient (Wildman–Crippen LogP) is -0.158. The number of hydrogen-bond acceptors (Lipinski definition) is 6. The number of rotatable bonds is 5. The Morgan fingerprint density at radius 3 is 2.75 bits per heavy atom. The number of halogens is 1. The molecule has 0 saturated carbocycles. The second-order valence-corrected chi connectivity index (χ2v) is 5.98. The number of primary amides is 1. The number of nitrogens with two attached hydrogens (primary N) is 1. The quantitative estimate of drug-likeness (QED) is 0.727. The minimum Gasteiger partial charge on any atom is -0.365 e. The van der Waals surface area contributed by atoms with E-state index in [4.69, 9.17) is 10.5 Å². The first kappa shape index (κ1) is 16.7. The van der Waals surface area contributed by atoms with E-state index in [-0.39, 0.29) is 19.0 Å². The van der Waals surface area contributed by atoms with Crippen molar-refractivity contribution in [2.75, 3.05) is 49.3 Å². The first-order chi connectivity index (χ1) is 11.6. The molecular weight excluding hydrogens is 315 g/mol. The predicted molar refractivity (Wildman–Crippen MR) is 87.4 cm³/mol. The fourth-order valence-electron chi connectivity index (χ4n) is 3.11. The summed E-state index contributed by atoms with van der Waals surface area (Å²) in [6.45, 7) is 3.74. The highest BCUT2D eigenvalue weighted by molar-refractivity contribution is 6.35. The number of nitrogens with zero attached hydrogens (tertiary/aromatic N) is 2. The van der Waals surface area contributed by atoms with Gasteiger partial charge in [0, 0.05) is 39.1 Å². The summed E-state index contributed by atoms with van der Waals surface area (Å²) in [5.74, 6) is -1.88. The lowest BCUT2D eigenvalue weighted by atomic mass is 10.1. The molecule has 7 nitrogen and oxygen atoms in total. The number of carbonyl (C=O) groups is 2. The zero-order valence-electron chi connectivity index (χ0n) is 13.3. The number of carbonyl (C=O) groups excluding carboxylic acids is 2. The minimum absolute atomic E-state index is 0.0515. The van der Waals surface area contributed by atoms with E-state index < -0.39 is 17.8 Å². The fraction of sp³-hybridized carbons (Fsp3) is 0.500. The number of benzene rings is 1. The van der Waals surface area contributed by atoms with Crippen LogP contribution in [0.3, 0.4) is 0 Å². The van der Waals surface area contributed by atoms with Crippen molar-refractivity contribution in [2.24, 2.45) is 5.73 Å². The first-order valence-corrected chi connectivity index (χ1v) is 7.99. The molecule has 1 atom stereocenters. The van der Waals surface area contributed by atoms with Crippen molar-refractivity contribution in [3.8, 4) is 0 Å². The summed E-state index contributed by atoms with van der Waals surface area (Å²) in [7, 11) is 0. The zero-order valence-corrected chi connectivity index (χ0v) is 13.3. The Hall–Kier alpha value is -2.19. The average molecular weight is 336 g/mol. The molecule has 3 N–H and O–H groups in total. The number of ketones is 1. The number of ether oxygens (including phenoxy) is 1. The van der Waals surface area contributed by atoms with Gasteiger partial charge in [-0.1, -0.05) is 6.07 Å². The lowest BCUT2D eigenvalue weighted by molar-refractivity contribution is -0.137. The number of nitrogens with one attached hydrogen (secondary N) is 1. The normalized spacial score (nSPS) is 21.1. The molecule has 0 spiro atoms. The van der Waals surface area contributed by atoms with Crippen LogP contribution in [0.15, 0.2) is 18.2 Å². The van der Waals surface area contributed by atoms with Gasteiger partial charge >= 0.3 is 0 Å². The Bertz CT molecular complexity index is 634. The van der Waals surface area contributed by atoms with E-state index in [0.29, 0.717) is 12.2 Å². The zero-order chi connectivity index (χ0) is 17.1. The van der Waals surface area contributed by atoms with E-state index >= 15 is 0 Å². The first-order valence-electron chi connectivity index (χ1n) is 7.99. The third-order valence-electron chi connectivity index (χ3n) is 4.32. The highest BCUT2D eigenvalue weighted by atomic mass is 19.1. The molecule has 2 saturated heterocycles. The van der Waals surface area contributed by atoms with Crippen molar-refractivity contribution in [3.05, 3.63) is 24.0 Å². The maximum absolute atomic E-state index is 14.5. The van der Waals surface area contributed by atoms with Gasteiger partial charge in [-0.2, -0.15) is 0 Å². The fourth-order valence-corrected chi connectivity index (χ4v) is 3.11. The molecule has 1 aromatic carbocycles. The maximum Gasteiger partial charge on any atom is 0.284 e. The van der Waals surface area contributed by atoms with E-state index in [0.717, 1.165) is 31.9 Å². The molecule has 1 unspecified atom stereocenters. The van der Waals surface area contributed by atoms with Gasteiger partial charge < -0.3 is 25.6 Å². The highest BCUT2D eigenvalue weighted by Crippen LogP contribution is 2.34. The minimum atomic E-state index is -0.954. The smallest absolute Gasteiger partial charge is 0.284 e. The van der Waals surface area contributed by atoms with Crippen LogP contribution < -0.4 is 20.9 Å². The molecule has 130 valence electrons. The molecule has 1 amide bonds.